The van der Waals surface area contributed by atoms with Gasteiger partial charge in [-0.1, -0.05) is 43.6 Å². The minimum atomic E-state index is -0.366. The van der Waals surface area contributed by atoms with Crippen molar-refractivity contribution >= 4 is 5.91 Å². The normalized spacial score (nSPS) is 27.4. The summed E-state index contributed by atoms with van der Waals surface area (Å²) in [4.78, 5) is 14.1. The Morgan fingerprint density at radius 1 is 1.17 bits per heavy atom. The Bertz CT molecular complexity index is 634. The van der Waals surface area contributed by atoms with Crippen molar-refractivity contribution in [3.05, 3.63) is 47.3 Å². The lowest BCUT2D eigenvalue weighted by Crippen LogP contribution is -2.62. The molecule has 0 bridgehead atoms. The number of amides is 1. The smallest absolute Gasteiger partial charge is 0.252 e. The first-order valence-corrected chi connectivity index (χ1v) is 9.09. The monoisotopic (exact) mass is 326 g/mol. The molecule has 5 nitrogen and oxygen atoms in total. The third kappa shape index (κ3) is 3.00. The Kier molecular flexibility index (Phi) is 4.19. The summed E-state index contributed by atoms with van der Waals surface area (Å²) in [6.45, 7) is 1.87. The van der Waals surface area contributed by atoms with Crippen molar-refractivity contribution in [3.8, 4) is 0 Å². The Labute approximate surface area is 143 Å². The molecule has 1 unspecified atom stereocenters. The summed E-state index contributed by atoms with van der Waals surface area (Å²) in [6, 6.07) is 1.33. The van der Waals surface area contributed by atoms with E-state index in [9.17, 15) is 4.79 Å². The summed E-state index contributed by atoms with van der Waals surface area (Å²) in [5.41, 5.74) is 7.30. The van der Waals surface area contributed by atoms with Gasteiger partial charge < -0.3 is 21.3 Å². The SMILES string of the molecule is NC(=O)C1=C(N2CC(NC3CCCCC3)C2)NC2C=CC=CC2=C1. The maximum absolute atomic E-state index is 11.9. The van der Waals surface area contributed by atoms with Crippen molar-refractivity contribution in [2.75, 3.05) is 13.1 Å². The second-order valence-corrected chi connectivity index (χ2v) is 7.24. The molecule has 4 rings (SSSR count). The number of carbonyl (C=O) groups is 1. The standard InChI is InChI=1S/C19H26N4O/c20-18(24)16-10-13-6-4-5-9-17(13)22-19(16)23-11-15(12-23)21-14-7-2-1-3-8-14/h4-6,9-10,14-15,17,21-22H,1-3,7-8,11-12H2,(H2,20,24). The number of dihydropyridines is 1. The van der Waals surface area contributed by atoms with Crippen LogP contribution in [0.25, 0.3) is 0 Å². The molecular weight excluding hydrogens is 300 g/mol. The topological polar surface area (TPSA) is 70.4 Å². The number of hydrogen-bond acceptors (Lipinski definition) is 4. The van der Waals surface area contributed by atoms with Crippen molar-refractivity contribution in [1.82, 2.24) is 15.5 Å². The van der Waals surface area contributed by atoms with Crippen LogP contribution in [0.5, 0.6) is 0 Å². The third-order valence-electron chi connectivity index (χ3n) is 5.46. The van der Waals surface area contributed by atoms with E-state index in [0.717, 1.165) is 24.5 Å². The molecule has 4 N–H and O–H groups in total. The molecule has 0 radical (unpaired) electrons. The highest BCUT2D eigenvalue weighted by atomic mass is 16.1. The van der Waals surface area contributed by atoms with Gasteiger partial charge >= 0.3 is 0 Å². The average molecular weight is 326 g/mol. The predicted molar refractivity (Wildman–Crippen MR) is 94.9 cm³/mol. The van der Waals surface area contributed by atoms with Crippen LogP contribution in [0, 0.1) is 0 Å². The van der Waals surface area contributed by atoms with Crippen molar-refractivity contribution < 1.29 is 4.79 Å². The first-order valence-electron chi connectivity index (χ1n) is 9.09. The van der Waals surface area contributed by atoms with Crippen molar-refractivity contribution in [2.24, 2.45) is 5.73 Å². The van der Waals surface area contributed by atoms with Crippen molar-refractivity contribution in [2.45, 2.75) is 50.2 Å². The lowest BCUT2D eigenvalue weighted by atomic mass is 9.93. The van der Waals surface area contributed by atoms with E-state index in [1.807, 2.05) is 24.3 Å². The van der Waals surface area contributed by atoms with E-state index in [-0.39, 0.29) is 11.9 Å². The Morgan fingerprint density at radius 2 is 1.96 bits per heavy atom. The number of primary amides is 1. The van der Waals surface area contributed by atoms with Crippen LogP contribution in [0.3, 0.4) is 0 Å². The molecule has 0 aromatic heterocycles. The van der Waals surface area contributed by atoms with Gasteiger partial charge in [0.15, 0.2) is 0 Å². The van der Waals surface area contributed by atoms with E-state index in [1.54, 1.807) is 0 Å². The molecule has 1 saturated carbocycles. The third-order valence-corrected chi connectivity index (χ3v) is 5.46. The Balaban J connectivity index is 1.43. The molecule has 0 spiro atoms. The fourth-order valence-corrected chi connectivity index (χ4v) is 4.10. The van der Waals surface area contributed by atoms with E-state index >= 15 is 0 Å². The molecule has 1 amide bonds. The van der Waals surface area contributed by atoms with Crippen LogP contribution in [0.1, 0.15) is 32.1 Å². The molecule has 24 heavy (non-hydrogen) atoms. The van der Waals surface area contributed by atoms with E-state index in [2.05, 4.69) is 21.6 Å². The number of carbonyl (C=O) groups excluding carboxylic acids is 1. The van der Waals surface area contributed by atoms with Gasteiger partial charge in [0.2, 0.25) is 0 Å². The number of nitrogens with two attached hydrogens (primary N) is 1. The van der Waals surface area contributed by atoms with Crippen LogP contribution in [0.2, 0.25) is 0 Å². The summed E-state index contributed by atoms with van der Waals surface area (Å²) in [7, 11) is 0. The predicted octanol–water partition coefficient (Wildman–Crippen LogP) is 1.31. The molecule has 4 aliphatic rings. The molecule has 1 saturated heterocycles. The second kappa shape index (κ2) is 6.48. The molecule has 5 heteroatoms. The molecule has 0 aromatic rings. The fourth-order valence-electron chi connectivity index (χ4n) is 4.10. The van der Waals surface area contributed by atoms with Crippen LogP contribution in [-0.2, 0) is 4.79 Å². The highest BCUT2D eigenvalue weighted by Crippen LogP contribution is 2.27. The van der Waals surface area contributed by atoms with Crippen molar-refractivity contribution in [1.29, 1.82) is 0 Å². The van der Waals surface area contributed by atoms with Gasteiger partial charge in [-0.15, -0.1) is 0 Å². The number of allylic oxidation sites excluding steroid dienone is 2. The first kappa shape index (κ1) is 15.5. The van der Waals surface area contributed by atoms with Gasteiger partial charge in [0.25, 0.3) is 5.91 Å². The van der Waals surface area contributed by atoms with Gasteiger partial charge in [-0.2, -0.15) is 0 Å². The molecule has 2 fully saturated rings. The number of nitrogens with one attached hydrogen (secondary N) is 2. The largest absolute Gasteiger partial charge is 0.365 e. The number of hydrogen-bond donors (Lipinski definition) is 3. The number of rotatable bonds is 4. The fraction of sp³-hybridized carbons (Fsp3) is 0.526. The summed E-state index contributed by atoms with van der Waals surface area (Å²) in [5.74, 6) is 0.521. The van der Waals surface area contributed by atoms with Gasteiger partial charge in [-0.3, -0.25) is 4.79 Å². The lowest BCUT2D eigenvalue weighted by Gasteiger charge is -2.46. The molecule has 2 aliphatic carbocycles. The minimum absolute atomic E-state index is 0.137. The van der Waals surface area contributed by atoms with Gasteiger partial charge in [0.1, 0.15) is 5.82 Å². The van der Waals surface area contributed by atoms with E-state index in [1.165, 1.54) is 32.1 Å². The number of likely N-dealkylation sites (tertiary alicyclic amines) is 1. The number of fused-ring (bicyclic) bond motifs is 1. The quantitative estimate of drug-likeness (QED) is 0.729. The zero-order valence-electron chi connectivity index (χ0n) is 14.0. The highest BCUT2D eigenvalue weighted by molar-refractivity contribution is 5.96. The maximum atomic E-state index is 11.9. The second-order valence-electron chi connectivity index (χ2n) is 7.24. The Morgan fingerprint density at radius 3 is 2.71 bits per heavy atom. The summed E-state index contributed by atoms with van der Waals surface area (Å²) < 4.78 is 0. The minimum Gasteiger partial charge on any atom is -0.365 e. The average Bonchev–Trinajstić information content (AvgIpc) is 2.57. The number of nitrogens with zero attached hydrogens (tertiary/aromatic N) is 1. The van der Waals surface area contributed by atoms with Crippen LogP contribution < -0.4 is 16.4 Å². The van der Waals surface area contributed by atoms with E-state index in [0.29, 0.717) is 17.7 Å². The highest BCUT2D eigenvalue weighted by Gasteiger charge is 2.34. The zero-order valence-corrected chi connectivity index (χ0v) is 14.0. The van der Waals surface area contributed by atoms with Gasteiger partial charge in [0, 0.05) is 25.2 Å². The van der Waals surface area contributed by atoms with Crippen LogP contribution >= 0.6 is 0 Å². The van der Waals surface area contributed by atoms with Crippen LogP contribution in [-0.4, -0.2) is 42.0 Å². The van der Waals surface area contributed by atoms with Gasteiger partial charge in [0.05, 0.1) is 11.6 Å². The maximum Gasteiger partial charge on any atom is 0.252 e. The summed E-state index contributed by atoms with van der Waals surface area (Å²) >= 11 is 0. The van der Waals surface area contributed by atoms with Gasteiger partial charge in [-0.25, -0.2) is 0 Å². The van der Waals surface area contributed by atoms with E-state index in [4.69, 9.17) is 5.73 Å². The lowest BCUT2D eigenvalue weighted by molar-refractivity contribution is -0.114. The van der Waals surface area contributed by atoms with Crippen LogP contribution in [0.4, 0.5) is 0 Å². The molecule has 1 atom stereocenters. The zero-order chi connectivity index (χ0) is 16.5. The summed E-state index contributed by atoms with van der Waals surface area (Å²) in [5, 5.41) is 7.26. The molecule has 0 aromatic carbocycles. The molecule has 128 valence electrons. The van der Waals surface area contributed by atoms with Gasteiger partial charge in [-0.05, 0) is 24.5 Å². The Hall–Kier alpha value is -2.01. The molecular formula is C19H26N4O. The summed E-state index contributed by atoms with van der Waals surface area (Å²) in [6.07, 6.45) is 16.8. The first-order chi connectivity index (χ1) is 11.7. The molecule has 2 heterocycles. The molecule has 2 aliphatic heterocycles. The van der Waals surface area contributed by atoms with Crippen LogP contribution in [0.15, 0.2) is 47.3 Å². The van der Waals surface area contributed by atoms with E-state index < -0.39 is 0 Å². The van der Waals surface area contributed by atoms with Crippen molar-refractivity contribution in [3.63, 3.8) is 0 Å².